The molecular weight excluding hydrogens is 426 g/mol. The van der Waals surface area contributed by atoms with Crippen molar-refractivity contribution in [1.82, 2.24) is 0 Å². The Labute approximate surface area is 182 Å². The number of nitrogens with zero attached hydrogens (tertiary/aromatic N) is 2. The van der Waals surface area contributed by atoms with Gasteiger partial charge < -0.3 is 15.5 Å². The van der Waals surface area contributed by atoms with Gasteiger partial charge in [0.15, 0.2) is 23.1 Å². The van der Waals surface area contributed by atoms with Gasteiger partial charge in [-0.1, -0.05) is 23.8 Å². The predicted octanol–water partition coefficient (Wildman–Crippen LogP) is 4.35. The smallest absolute Gasteiger partial charge is 0.288 e. The van der Waals surface area contributed by atoms with Gasteiger partial charge in [-0.2, -0.15) is 4.57 Å². The number of hydrogen-bond donors (Lipinski definition) is 3. The van der Waals surface area contributed by atoms with Crippen molar-refractivity contribution < 1.29 is 19.7 Å². The van der Waals surface area contributed by atoms with Gasteiger partial charge in [0.25, 0.3) is 11.4 Å². The second-order valence-corrected chi connectivity index (χ2v) is 7.08. The van der Waals surface area contributed by atoms with Crippen LogP contribution in [-0.2, 0) is 6.61 Å². The van der Waals surface area contributed by atoms with E-state index in [-0.39, 0.29) is 28.7 Å². The Bertz CT molecular complexity index is 1120. The van der Waals surface area contributed by atoms with E-state index >= 15 is 0 Å². The van der Waals surface area contributed by atoms with E-state index in [4.69, 9.17) is 23.8 Å². The lowest BCUT2D eigenvalue weighted by Crippen LogP contribution is -2.39. The highest BCUT2D eigenvalue weighted by molar-refractivity contribution is 7.81. The molecule has 3 rings (SSSR count). The molecule has 7 nitrogen and oxygen atoms in total. The number of aliphatic hydroxyl groups is 2. The maximum atomic E-state index is 11.0. The van der Waals surface area contributed by atoms with Gasteiger partial charge in [0.05, 0.1) is 11.5 Å². The lowest BCUT2D eigenvalue weighted by Gasteiger charge is -2.11. The number of hydrogen-bond acceptors (Lipinski definition) is 5. The van der Waals surface area contributed by atoms with Gasteiger partial charge in [-0.05, 0) is 42.5 Å². The van der Waals surface area contributed by atoms with Gasteiger partial charge in [-0.3, -0.25) is 10.1 Å². The summed E-state index contributed by atoms with van der Waals surface area (Å²) in [4.78, 5) is 10.6. The van der Waals surface area contributed by atoms with E-state index in [1.807, 2.05) is 0 Å². The molecule has 0 atom stereocenters. The van der Waals surface area contributed by atoms with E-state index in [1.54, 1.807) is 53.4 Å². The van der Waals surface area contributed by atoms with E-state index < -0.39 is 4.92 Å². The lowest BCUT2D eigenvalue weighted by molar-refractivity contribution is -0.576. The van der Waals surface area contributed by atoms with Crippen molar-refractivity contribution in [2.24, 2.45) is 0 Å². The molecule has 1 heterocycles. The molecule has 0 saturated carbocycles. The number of rotatable bonds is 6. The topological polar surface area (TPSA) is 99.5 Å². The number of pyridine rings is 1. The molecule has 0 unspecified atom stereocenters. The second-order valence-electron chi connectivity index (χ2n) is 6.24. The van der Waals surface area contributed by atoms with Crippen LogP contribution in [0.15, 0.2) is 73.1 Å². The van der Waals surface area contributed by atoms with Crippen molar-refractivity contribution in [1.29, 1.82) is 0 Å². The number of aliphatic hydroxyl groups excluding tert-OH is 2. The number of thiocarbonyl (C=S) groups is 1. The average molecular weight is 443 g/mol. The molecule has 0 spiro atoms. The summed E-state index contributed by atoms with van der Waals surface area (Å²) in [6, 6.07) is 15.8. The zero-order valence-corrected chi connectivity index (χ0v) is 17.1. The molecule has 0 aliphatic rings. The Morgan fingerprint density at radius 3 is 2.40 bits per heavy atom. The summed E-state index contributed by atoms with van der Waals surface area (Å²) in [7, 11) is 0. The maximum Gasteiger partial charge on any atom is 0.288 e. The summed E-state index contributed by atoms with van der Waals surface area (Å²) < 4.78 is 1.58. The molecule has 0 radical (unpaired) electrons. The summed E-state index contributed by atoms with van der Waals surface area (Å²) in [5, 5.41) is 35.0. The fourth-order valence-electron chi connectivity index (χ4n) is 2.71. The van der Waals surface area contributed by atoms with E-state index in [0.717, 1.165) is 0 Å². The summed E-state index contributed by atoms with van der Waals surface area (Å²) >= 11 is 11.5. The minimum Gasteiger partial charge on any atom is -0.502 e. The van der Waals surface area contributed by atoms with Crippen molar-refractivity contribution >= 4 is 51.6 Å². The first-order valence-electron chi connectivity index (χ1n) is 8.75. The largest absolute Gasteiger partial charge is 0.502 e. The standard InChI is InChI=1S/C21H16ClN3O4S/c22-16-5-7-17(8-6-16)23-21(30)19(24-11-1-2-14(12-24)13-26)20(27)15-3-9-18(10-4-15)25(28)29/h1-12,26H,13H2,(H-,23,27,30)/p+1. The Morgan fingerprint density at radius 2 is 1.80 bits per heavy atom. The van der Waals surface area contributed by atoms with Gasteiger partial charge in [-0.15, -0.1) is 0 Å². The summed E-state index contributed by atoms with van der Waals surface area (Å²) in [6.45, 7) is -0.191. The highest BCUT2D eigenvalue weighted by Gasteiger charge is 2.24. The Hall–Kier alpha value is -3.33. The van der Waals surface area contributed by atoms with E-state index in [2.05, 4.69) is 5.32 Å². The summed E-state index contributed by atoms with van der Waals surface area (Å²) in [5.74, 6) is -0.184. The van der Waals surface area contributed by atoms with Gasteiger partial charge in [0, 0.05) is 40.0 Å². The molecule has 0 saturated heterocycles. The average Bonchev–Trinajstić information content (AvgIpc) is 2.75. The molecule has 0 amide bonds. The SMILES string of the molecule is O=[N+]([O-])c1ccc(/C(O)=C(/C(=S)Nc2ccc(Cl)cc2)[n+]2cccc(CO)c2)cc1. The number of nitro groups is 1. The molecule has 3 N–H and O–H groups in total. The van der Waals surface area contributed by atoms with E-state index in [0.29, 0.717) is 21.8 Å². The molecule has 0 aliphatic carbocycles. The van der Waals surface area contributed by atoms with E-state index in [9.17, 15) is 20.3 Å². The van der Waals surface area contributed by atoms with Crippen LogP contribution >= 0.6 is 23.8 Å². The molecule has 30 heavy (non-hydrogen) atoms. The Morgan fingerprint density at radius 1 is 1.13 bits per heavy atom. The van der Waals surface area contributed by atoms with Crippen LogP contribution in [0.3, 0.4) is 0 Å². The molecular formula is C21H17ClN3O4S+. The molecule has 0 fully saturated rings. The van der Waals surface area contributed by atoms with E-state index in [1.165, 1.54) is 24.3 Å². The van der Waals surface area contributed by atoms with Crippen LogP contribution in [0.25, 0.3) is 11.5 Å². The lowest BCUT2D eigenvalue weighted by atomic mass is 10.1. The minimum atomic E-state index is -0.516. The van der Waals surface area contributed by atoms with Crippen LogP contribution < -0.4 is 9.88 Å². The third kappa shape index (κ3) is 4.98. The molecule has 2 aromatic carbocycles. The summed E-state index contributed by atoms with van der Waals surface area (Å²) in [5.41, 5.74) is 1.77. The highest BCUT2D eigenvalue weighted by Crippen LogP contribution is 2.22. The van der Waals surface area contributed by atoms with Crippen LogP contribution in [-0.4, -0.2) is 20.1 Å². The van der Waals surface area contributed by atoms with Crippen molar-refractivity contribution in [2.45, 2.75) is 6.61 Å². The van der Waals surface area contributed by atoms with Crippen molar-refractivity contribution in [3.8, 4) is 0 Å². The van der Waals surface area contributed by atoms with Gasteiger partial charge in [0.1, 0.15) is 0 Å². The van der Waals surface area contributed by atoms with Crippen LogP contribution in [0.2, 0.25) is 5.02 Å². The van der Waals surface area contributed by atoms with Gasteiger partial charge in [-0.25, -0.2) is 0 Å². The quantitative estimate of drug-likeness (QED) is 0.131. The number of benzene rings is 2. The highest BCUT2D eigenvalue weighted by atomic mass is 35.5. The normalized spacial score (nSPS) is 11.5. The number of nitrogens with one attached hydrogen (secondary N) is 1. The first kappa shape index (κ1) is 21.4. The monoisotopic (exact) mass is 442 g/mol. The van der Waals surface area contributed by atoms with Crippen LogP contribution in [0.1, 0.15) is 11.1 Å². The number of aromatic nitrogens is 1. The molecule has 9 heteroatoms. The molecule has 0 aliphatic heterocycles. The van der Waals surface area contributed by atoms with Crippen molar-refractivity contribution in [3.05, 3.63) is 99.3 Å². The number of anilines is 1. The fourth-order valence-corrected chi connectivity index (χ4v) is 3.15. The molecule has 3 aromatic rings. The zero-order valence-electron chi connectivity index (χ0n) is 15.5. The second kappa shape index (κ2) is 9.45. The molecule has 152 valence electrons. The number of halogens is 1. The maximum absolute atomic E-state index is 11.0. The summed E-state index contributed by atoms with van der Waals surface area (Å²) in [6.07, 6.45) is 3.30. The molecule has 1 aromatic heterocycles. The first-order valence-corrected chi connectivity index (χ1v) is 9.54. The van der Waals surface area contributed by atoms with Crippen LogP contribution in [0.4, 0.5) is 11.4 Å². The van der Waals surface area contributed by atoms with Gasteiger partial charge >= 0.3 is 0 Å². The Balaban J connectivity index is 2.07. The van der Waals surface area contributed by atoms with Crippen LogP contribution in [0, 0.1) is 10.1 Å². The minimum absolute atomic E-state index is 0.0927. The third-order valence-electron chi connectivity index (χ3n) is 4.20. The first-order chi connectivity index (χ1) is 14.4. The number of non-ortho nitro benzene ring substituents is 1. The fraction of sp³-hybridized carbons (Fsp3) is 0.0476. The van der Waals surface area contributed by atoms with Gasteiger partial charge in [0.2, 0.25) is 0 Å². The number of nitro benzene ring substituents is 1. The van der Waals surface area contributed by atoms with Crippen molar-refractivity contribution in [3.63, 3.8) is 0 Å². The third-order valence-corrected chi connectivity index (χ3v) is 4.74. The van der Waals surface area contributed by atoms with Crippen LogP contribution in [0.5, 0.6) is 0 Å². The molecule has 0 bridgehead atoms. The predicted molar refractivity (Wildman–Crippen MR) is 119 cm³/mol. The Kier molecular flexibility index (Phi) is 6.73. The van der Waals surface area contributed by atoms with Crippen molar-refractivity contribution in [2.75, 3.05) is 5.32 Å². The zero-order chi connectivity index (χ0) is 21.7.